The number of hydrogen-bond acceptors (Lipinski definition) is 8. The lowest BCUT2D eigenvalue weighted by molar-refractivity contribution is -0.123. The van der Waals surface area contributed by atoms with Crippen LogP contribution in [0.3, 0.4) is 0 Å². The van der Waals surface area contributed by atoms with E-state index >= 15 is 0 Å². The zero-order valence-corrected chi connectivity index (χ0v) is 26.1. The first-order valence-corrected chi connectivity index (χ1v) is 14.4. The number of rotatable bonds is 12. The van der Waals surface area contributed by atoms with Crippen molar-refractivity contribution in [2.75, 3.05) is 26.5 Å². The van der Waals surface area contributed by atoms with Gasteiger partial charge in [0.25, 0.3) is 5.56 Å². The molecule has 2 aromatic carbocycles. The van der Waals surface area contributed by atoms with Gasteiger partial charge in [0.15, 0.2) is 11.6 Å². The van der Waals surface area contributed by atoms with Crippen LogP contribution in [0.15, 0.2) is 71.7 Å². The van der Waals surface area contributed by atoms with Gasteiger partial charge in [-0.25, -0.2) is 23.5 Å². The minimum absolute atomic E-state index is 0.0452. The van der Waals surface area contributed by atoms with Crippen molar-refractivity contribution in [1.29, 1.82) is 0 Å². The van der Waals surface area contributed by atoms with Crippen molar-refractivity contribution in [3.05, 3.63) is 100 Å². The summed E-state index contributed by atoms with van der Waals surface area (Å²) in [6.45, 7) is -0.650. The maximum absolute atomic E-state index is 14.9. The van der Waals surface area contributed by atoms with E-state index in [1.54, 1.807) is 44.4 Å². The molecule has 4 rings (SSSR count). The highest BCUT2D eigenvalue weighted by Gasteiger charge is 2.26. The van der Waals surface area contributed by atoms with Gasteiger partial charge in [0.05, 0.1) is 19.2 Å². The molecular weight excluding hydrogens is 634 g/mol. The summed E-state index contributed by atoms with van der Waals surface area (Å²) < 4.78 is 41.4. The maximum Gasteiger partial charge on any atom is 0.417 e. The first-order valence-electron chi connectivity index (χ1n) is 14.4. The van der Waals surface area contributed by atoms with Gasteiger partial charge in [-0.2, -0.15) is 4.39 Å². The number of carbonyl (C=O) groups excluding carboxylic acids is 3. The Kier molecular flexibility index (Phi) is 11.2. The van der Waals surface area contributed by atoms with E-state index in [2.05, 4.69) is 20.4 Å². The van der Waals surface area contributed by atoms with E-state index in [4.69, 9.17) is 4.74 Å². The predicted octanol–water partition coefficient (Wildman–Crippen LogP) is 3.72. The van der Waals surface area contributed by atoms with Gasteiger partial charge in [0.1, 0.15) is 29.7 Å². The average molecular weight is 667 g/mol. The fraction of sp³-hybridized carbons (Fsp3) is 0.250. The number of anilines is 1. The average Bonchev–Trinajstić information content (AvgIpc) is 3.41. The SMILES string of the molecule is COC(=O)NC(CC/C=C/C(=O)N(C)C)C(=O)Nc1cccn(Cc2nc3c(OCc4ccccc4)c(F)c(F)cc3n2C(=O)O)c1=O. The molecule has 16 heteroatoms. The number of imidazole rings is 1. The summed E-state index contributed by atoms with van der Waals surface area (Å²) in [4.78, 5) is 68.1. The van der Waals surface area contributed by atoms with E-state index in [0.29, 0.717) is 16.2 Å². The highest BCUT2D eigenvalue weighted by Crippen LogP contribution is 2.32. The van der Waals surface area contributed by atoms with Crippen LogP contribution in [0, 0.1) is 11.6 Å². The van der Waals surface area contributed by atoms with Crippen LogP contribution in [0.1, 0.15) is 24.2 Å². The van der Waals surface area contributed by atoms with Gasteiger partial charge >= 0.3 is 12.2 Å². The minimum Gasteiger partial charge on any atom is -0.483 e. The van der Waals surface area contributed by atoms with Crippen LogP contribution >= 0.6 is 0 Å². The first-order chi connectivity index (χ1) is 22.9. The summed E-state index contributed by atoms with van der Waals surface area (Å²) in [7, 11) is 4.26. The molecule has 3 N–H and O–H groups in total. The Morgan fingerprint density at radius 1 is 1.10 bits per heavy atom. The number of aromatic nitrogens is 3. The topological polar surface area (TPSA) is 174 Å². The van der Waals surface area contributed by atoms with Gasteiger partial charge in [-0.3, -0.25) is 14.4 Å². The summed E-state index contributed by atoms with van der Waals surface area (Å²) in [5.41, 5.74) is -0.953. The minimum atomic E-state index is -1.58. The summed E-state index contributed by atoms with van der Waals surface area (Å²) in [5.74, 6) is -4.65. The lowest BCUT2D eigenvalue weighted by Gasteiger charge is -2.17. The predicted molar refractivity (Wildman–Crippen MR) is 169 cm³/mol. The number of carbonyl (C=O) groups is 4. The van der Waals surface area contributed by atoms with Crippen LogP contribution in [0.5, 0.6) is 5.75 Å². The molecule has 48 heavy (non-hydrogen) atoms. The monoisotopic (exact) mass is 666 g/mol. The smallest absolute Gasteiger partial charge is 0.417 e. The van der Waals surface area contributed by atoms with Crippen molar-refractivity contribution in [3.8, 4) is 5.75 Å². The van der Waals surface area contributed by atoms with Crippen LogP contribution < -0.4 is 20.9 Å². The lowest BCUT2D eigenvalue weighted by atomic mass is 10.1. The molecule has 4 aromatic rings. The molecule has 0 aliphatic rings. The molecule has 2 heterocycles. The van der Waals surface area contributed by atoms with E-state index in [-0.39, 0.29) is 47.9 Å². The van der Waals surface area contributed by atoms with Crippen LogP contribution in [0.25, 0.3) is 11.0 Å². The number of nitrogens with one attached hydrogen (secondary N) is 2. The van der Waals surface area contributed by atoms with Gasteiger partial charge in [-0.05, 0) is 36.6 Å². The first kappa shape index (κ1) is 34.8. The highest BCUT2D eigenvalue weighted by atomic mass is 19.2. The summed E-state index contributed by atoms with van der Waals surface area (Å²) in [5, 5.41) is 14.8. The second kappa shape index (κ2) is 15.5. The molecule has 3 amide bonds. The number of nitrogens with zero attached hydrogens (tertiary/aromatic N) is 4. The number of alkyl carbamates (subject to hydrolysis) is 1. The number of fused-ring (bicyclic) bond motifs is 1. The second-order valence-corrected chi connectivity index (χ2v) is 10.5. The number of allylic oxidation sites excluding steroid dienone is 1. The Morgan fingerprint density at radius 3 is 2.50 bits per heavy atom. The molecule has 0 saturated heterocycles. The Bertz CT molecular complexity index is 1920. The Hall–Kier alpha value is -6.06. The van der Waals surface area contributed by atoms with E-state index in [1.807, 2.05) is 0 Å². The molecule has 14 nitrogen and oxygen atoms in total. The molecule has 1 unspecified atom stereocenters. The molecular formula is C32H32F2N6O8. The molecule has 0 spiro atoms. The standard InChI is InChI=1S/C32H32F2N6O8/c1-38(2)25(41)14-8-7-12-21(36-31(44)47-3)29(42)35-22-13-9-15-39(30(22)43)17-24-37-27-23(40(24)32(45)46)16-20(33)26(34)28(27)48-18-19-10-5-4-6-11-19/h4-6,8-11,13-16,21H,7,12,17-18H2,1-3H3,(H,35,42)(H,36,44)(H,45,46)/b14-8+. The van der Waals surface area contributed by atoms with Gasteiger partial charge in [-0.15, -0.1) is 0 Å². The van der Waals surface area contributed by atoms with Gasteiger partial charge < -0.3 is 34.7 Å². The third-order valence-corrected chi connectivity index (χ3v) is 6.99. The van der Waals surface area contributed by atoms with Crippen molar-refractivity contribution in [2.24, 2.45) is 0 Å². The number of amides is 3. The summed E-state index contributed by atoms with van der Waals surface area (Å²) in [6, 6.07) is 10.8. The fourth-order valence-corrected chi connectivity index (χ4v) is 4.55. The molecule has 1 atom stereocenters. The molecule has 0 saturated carbocycles. The van der Waals surface area contributed by atoms with Gasteiger partial charge in [-0.1, -0.05) is 36.4 Å². The Morgan fingerprint density at radius 2 is 1.83 bits per heavy atom. The largest absolute Gasteiger partial charge is 0.483 e. The molecule has 0 radical (unpaired) electrons. The van der Waals surface area contributed by atoms with Crippen LogP contribution in [0.4, 0.5) is 24.1 Å². The van der Waals surface area contributed by atoms with Crippen LogP contribution in [-0.2, 0) is 27.5 Å². The van der Waals surface area contributed by atoms with Crippen molar-refractivity contribution in [3.63, 3.8) is 0 Å². The number of ether oxygens (including phenoxy) is 2. The molecule has 0 bridgehead atoms. The number of likely N-dealkylation sites (N-methyl/N-ethyl adjacent to an activating group) is 1. The van der Waals surface area contributed by atoms with E-state index in [0.717, 1.165) is 11.7 Å². The van der Waals surface area contributed by atoms with Crippen molar-refractivity contribution in [2.45, 2.75) is 32.0 Å². The number of methoxy groups -OCH3 is 1. The maximum atomic E-state index is 14.9. The zero-order valence-electron chi connectivity index (χ0n) is 26.1. The van der Waals surface area contributed by atoms with Crippen LogP contribution in [0.2, 0.25) is 0 Å². The van der Waals surface area contributed by atoms with Crippen molar-refractivity contribution >= 4 is 40.7 Å². The second-order valence-electron chi connectivity index (χ2n) is 10.5. The Labute approximate surface area is 272 Å². The number of hydrogen-bond donors (Lipinski definition) is 3. The van der Waals surface area contributed by atoms with E-state index < -0.39 is 53.6 Å². The molecule has 0 fully saturated rings. The molecule has 252 valence electrons. The normalized spacial score (nSPS) is 11.7. The quantitative estimate of drug-likeness (QED) is 0.191. The van der Waals surface area contributed by atoms with Gasteiger partial charge in [0, 0.05) is 26.4 Å². The van der Waals surface area contributed by atoms with E-state index in [9.17, 15) is 37.9 Å². The van der Waals surface area contributed by atoms with Crippen LogP contribution in [-0.4, -0.2) is 75.4 Å². The molecule has 0 aliphatic heterocycles. The van der Waals surface area contributed by atoms with Gasteiger partial charge in [0.2, 0.25) is 17.6 Å². The third kappa shape index (κ3) is 8.20. The summed E-state index contributed by atoms with van der Waals surface area (Å²) >= 11 is 0. The zero-order chi connectivity index (χ0) is 35.0. The Balaban J connectivity index is 1.61. The van der Waals surface area contributed by atoms with E-state index in [1.165, 1.54) is 35.4 Å². The number of pyridine rings is 1. The number of benzene rings is 2. The molecule has 2 aromatic heterocycles. The summed E-state index contributed by atoms with van der Waals surface area (Å²) in [6.07, 6.45) is 1.92. The molecule has 0 aliphatic carbocycles. The fourth-order valence-electron chi connectivity index (χ4n) is 4.55. The number of carboxylic acid groups (broad SMARTS) is 1. The highest BCUT2D eigenvalue weighted by molar-refractivity contribution is 5.96. The van der Waals surface area contributed by atoms with Crippen molar-refractivity contribution < 1.29 is 42.5 Å². The lowest BCUT2D eigenvalue weighted by Crippen LogP contribution is -2.44. The number of halogens is 2. The third-order valence-electron chi connectivity index (χ3n) is 6.99. The van der Waals surface area contributed by atoms with Crippen molar-refractivity contribution in [1.82, 2.24) is 24.3 Å².